The number of hydrogen-bond donors (Lipinski definition) is 1. The number of carbonyl (C=O) groups is 1. The lowest BCUT2D eigenvalue weighted by molar-refractivity contribution is 0.102. The Labute approximate surface area is 141 Å². The maximum Gasteiger partial charge on any atom is 0.257 e. The number of aromatic nitrogens is 1. The fraction of sp³-hybridized carbons (Fsp3) is 0.0588. The van der Waals surface area contributed by atoms with E-state index in [-0.39, 0.29) is 5.91 Å². The van der Waals surface area contributed by atoms with Crippen molar-refractivity contribution in [2.45, 2.75) is 6.92 Å². The lowest BCUT2D eigenvalue weighted by Gasteiger charge is -2.10. The zero-order valence-corrected chi connectivity index (χ0v) is 14.1. The monoisotopic (exact) mass is 374 g/mol. The first-order chi connectivity index (χ1) is 10.5. The Hall–Kier alpha value is -1.91. The topological polar surface area (TPSA) is 42.0 Å². The molecular weight excluding hydrogens is 364 g/mol. The van der Waals surface area contributed by atoms with Crippen LogP contribution in [0.3, 0.4) is 0 Å². The van der Waals surface area contributed by atoms with E-state index >= 15 is 0 Å². The van der Waals surface area contributed by atoms with Crippen molar-refractivity contribution < 1.29 is 4.79 Å². The fourth-order valence-corrected chi connectivity index (χ4v) is 2.79. The number of pyridine rings is 1. The Morgan fingerprint density at radius 2 is 1.95 bits per heavy atom. The summed E-state index contributed by atoms with van der Waals surface area (Å²) in [6.45, 7) is 1.82. The summed E-state index contributed by atoms with van der Waals surface area (Å²) in [5.74, 6) is -0.196. The average Bonchev–Trinajstić information content (AvgIpc) is 2.49. The van der Waals surface area contributed by atoms with E-state index in [1.165, 1.54) is 0 Å². The molecule has 0 fully saturated rings. The molecule has 0 saturated heterocycles. The molecular formula is C17H12BrClN2O. The smallest absolute Gasteiger partial charge is 0.257 e. The number of rotatable bonds is 2. The highest BCUT2D eigenvalue weighted by Crippen LogP contribution is 2.24. The van der Waals surface area contributed by atoms with Crippen molar-refractivity contribution in [3.8, 4) is 0 Å². The number of para-hydroxylation sites is 1. The van der Waals surface area contributed by atoms with Crippen LogP contribution in [0, 0.1) is 6.92 Å². The fourth-order valence-electron chi connectivity index (χ4n) is 2.23. The molecule has 1 aromatic heterocycles. The molecule has 3 nitrogen and oxygen atoms in total. The molecule has 5 heteroatoms. The zero-order chi connectivity index (χ0) is 15.7. The molecule has 0 spiro atoms. The van der Waals surface area contributed by atoms with Crippen molar-refractivity contribution in [3.05, 3.63) is 69.3 Å². The van der Waals surface area contributed by atoms with Crippen molar-refractivity contribution >= 4 is 50.0 Å². The molecule has 0 aliphatic carbocycles. The largest absolute Gasteiger partial charge is 0.321 e. The number of aryl methyl sites for hydroxylation is 1. The maximum atomic E-state index is 12.5. The lowest BCUT2D eigenvalue weighted by atomic mass is 10.1. The number of anilines is 1. The van der Waals surface area contributed by atoms with Gasteiger partial charge in [-0.2, -0.15) is 0 Å². The summed E-state index contributed by atoms with van der Waals surface area (Å²) in [5, 5.41) is 4.35. The van der Waals surface area contributed by atoms with Gasteiger partial charge in [0.15, 0.2) is 0 Å². The van der Waals surface area contributed by atoms with Gasteiger partial charge in [0.1, 0.15) is 0 Å². The van der Waals surface area contributed by atoms with E-state index in [0.717, 1.165) is 21.1 Å². The number of nitrogens with zero attached hydrogens (tertiary/aromatic N) is 1. The van der Waals surface area contributed by atoms with Crippen LogP contribution in [0.1, 0.15) is 16.1 Å². The number of benzene rings is 2. The van der Waals surface area contributed by atoms with Gasteiger partial charge in [-0.05, 0) is 59.3 Å². The van der Waals surface area contributed by atoms with Gasteiger partial charge in [-0.1, -0.05) is 23.7 Å². The second kappa shape index (κ2) is 6.07. The van der Waals surface area contributed by atoms with Crippen molar-refractivity contribution in [1.82, 2.24) is 4.98 Å². The summed E-state index contributed by atoms with van der Waals surface area (Å²) in [6.07, 6.45) is 0. The van der Waals surface area contributed by atoms with Crippen LogP contribution in [-0.4, -0.2) is 10.9 Å². The molecule has 3 rings (SSSR count). The van der Waals surface area contributed by atoms with Gasteiger partial charge in [0.05, 0.1) is 22.5 Å². The Bertz CT molecular complexity index is 880. The van der Waals surface area contributed by atoms with Crippen LogP contribution in [0.5, 0.6) is 0 Å². The number of fused-ring (bicyclic) bond motifs is 1. The van der Waals surface area contributed by atoms with E-state index in [2.05, 4.69) is 26.2 Å². The molecule has 0 unspecified atom stereocenters. The van der Waals surface area contributed by atoms with E-state index < -0.39 is 0 Å². The van der Waals surface area contributed by atoms with Gasteiger partial charge in [0.25, 0.3) is 5.91 Å². The molecule has 22 heavy (non-hydrogen) atoms. The number of carbonyl (C=O) groups excluding carboxylic acids is 1. The summed E-state index contributed by atoms with van der Waals surface area (Å²) < 4.78 is 0.831. The Kier molecular flexibility index (Phi) is 4.14. The van der Waals surface area contributed by atoms with Crippen LogP contribution in [0.4, 0.5) is 5.69 Å². The number of halogens is 2. The Morgan fingerprint density at radius 3 is 2.73 bits per heavy atom. The minimum absolute atomic E-state index is 0.196. The second-order valence-electron chi connectivity index (χ2n) is 4.89. The molecule has 110 valence electrons. The molecule has 0 aliphatic rings. The van der Waals surface area contributed by atoms with Gasteiger partial charge in [-0.3, -0.25) is 9.78 Å². The Balaban J connectivity index is 2.00. The van der Waals surface area contributed by atoms with E-state index in [9.17, 15) is 4.79 Å². The highest BCUT2D eigenvalue weighted by Gasteiger charge is 2.13. The minimum Gasteiger partial charge on any atom is -0.321 e. The lowest BCUT2D eigenvalue weighted by Crippen LogP contribution is -2.14. The van der Waals surface area contributed by atoms with E-state index in [1.807, 2.05) is 43.3 Å². The van der Waals surface area contributed by atoms with Crippen LogP contribution in [0.15, 0.2) is 53.0 Å². The first-order valence-electron chi connectivity index (χ1n) is 6.67. The van der Waals surface area contributed by atoms with Gasteiger partial charge in [0.2, 0.25) is 0 Å². The van der Waals surface area contributed by atoms with Crippen molar-refractivity contribution in [2.75, 3.05) is 5.32 Å². The summed E-state index contributed by atoms with van der Waals surface area (Å²) in [4.78, 5) is 17.0. The van der Waals surface area contributed by atoms with Crippen LogP contribution in [-0.2, 0) is 0 Å². The first-order valence-corrected chi connectivity index (χ1v) is 7.84. The molecule has 3 aromatic rings. The Morgan fingerprint density at radius 1 is 1.18 bits per heavy atom. The number of amides is 1. The van der Waals surface area contributed by atoms with Gasteiger partial charge >= 0.3 is 0 Å². The molecule has 1 amide bonds. The number of nitrogens with one attached hydrogen (secondary N) is 1. The van der Waals surface area contributed by atoms with Crippen LogP contribution < -0.4 is 5.32 Å². The maximum absolute atomic E-state index is 12.5. The summed E-state index contributed by atoms with van der Waals surface area (Å²) in [5.41, 5.74) is 2.75. The van der Waals surface area contributed by atoms with Gasteiger partial charge in [-0.25, -0.2) is 0 Å². The molecule has 0 saturated carbocycles. The quantitative estimate of drug-likeness (QED) is 0.668. The normalized spacial score (nSPS) is 10.7. The van der Waals surface area contributed by atoms with Gasteiger partial charge < -0.3 is 5.32 Å². The molecule has 0 radical (unpaired) electrons. The standard InChI is InChI=1S/C17H12BrClN2O/c1-10-13(9-11-8-12(19)6-7-15(11)20-10)17(22)21-16-5-3-2-4-14(16)18/h2-9H,1H3,(H,21,22). The van der Waals surface area contributed by atoms with Gasteiger partial charge in [0, 0.05) is 14.9 Å². The molecule has 0 atom stereocenters. The van der Waals surface area contributed by atoms with Crippen LogP contribution in [0.2, 0.25) is 5.02 Å². The molecule has 0 bridgehead atoms. The SMILES string of the molecule is Cc1nc2ccc(Cl)cc2cc1C(=O)Nc1ccccc1Br. The van der Waals surface area contributed by atoms with Crippen molar-refractivity contribution in [2.24, 2.45) is 0 Å². The first kappa shape index (κ1) is 15.0. The van der Waals surface area contributed by atoms with Crippen molar-refractivity contribution in [1.29, 1.82) is 0 Å². The molecule has 1 heterocycles. The summed E-state index contributed by atoms with van der Waals surface area (Å²) in [6, 6.07) is 14.7. The van der Waals surface area contributed by atoms with Crippen LogP contribution >= 0.6 is 27.5 Å². The second-order valence-corrected chi connectivity index (χ2v) is 6.18. The van der Waals surface area contributed by atoms with Gasteiger partial charge in [-0.15, -0.1) is 0 Å². The highest BCUT2D eigenvalue weighted by atomic mass is 79.9. The summed E-state index contributed by atoms with van der Waals surface area (Å²) in [7, 11) is 0. The van der Waals surface area contributed by atoms with E-state index in [1.54, 1.807) is 12.1 Å². The van der Waals surface area contributed by atoms with E-state index in [4.69, 9.17) is 11.6 Å². The zero-order valence-electron chi connectivity index (χ0n) is 11.7. The molecule has 2 aromatic carbocycles. The third-order valence-corrected chi connectivity index (χ3v) is 4.26. The minimum atomic E-state index is -0.196. The average molecular weight is 376 g/mol. The van der Waals surface area contributed by atoms with Crippen LogP contribution in [0.25, 0.3) is 10.9 Å². The third kappa shape index (κ3) is 2.98. The number of hydrogen-bond acceptors (Lipinski definition) is 2. The van der Waals surface area contributed by atoms with Crippen molar-refractivity contribution in [3.63, 3.8) is 0 Å². The molecule has 0 aliphatic heterocycles. The third-order valence-electron chi connectivity index (χ3n) is 3.33. The predicted molar refractivity (Wildman–Crippen MR) is 93.6 cm³/mol. The van der Waals surface area contributed by atoms with E-state index in [0.29, 0.717) is 16.3 Å². The predicted octanol–water partition coefficient (Wildman–Crippen LogP) is 5.21. The molecule has 1 N–H and O–H groups in total. The highest BCUT2D eigenvalue weighted by molar-refractivity contribution is 9.10. The summed E-state index contributed by atoms with van der Waals surface area (Å²) >= 11 is 9.42.